The van der Waals surface area contributed by atoms with E-state index in [1.165, 1.54) is 25.9 Å². The molecule has 0 aromatic heterocycles. The summed E-state index contributed by atoms with van der Waals surface area (Å²) in [5.74, 6) is 1.51. The molecule has 0 radical (unpaired) electrons. The molecule has 1 fully saturated rings. The monoisotopic (exact) mass is 412 g/mol. The molecule has 1 heterocycles. The highest BCUT2D eigenvalue weighted by atomic mass is 127. The number of halogens is 1. The smallest absolute Gasteiger partial charge is 0.191 e. The molecule has 0 spiro atoms. The number of guanidine groups is 1. The molecular weight excluding hydrogens is 379 g/mol. The first-order valence-corrected chi connectivity index (χ1v) is 7.78. The molecule has 126 valence electrons. The van der Waals surface area contributed by atoms with Gasteiger partial charge in [-0.25, -0.2) is 0 Å². The van der Waals surface area contributed by atoms with Gasteiger partial charge in [-0.15, -0.1) is 24.0 Å². The lowest BCUT2D eigenvalue weighted by atomic mass is 10.0. The van der Waals surface area contributed by atoms with Crippen LogP contribution in [0, 0.1) is 5.92 Å². The average Bonchev–Trinajstić information content (AvgIpc) is 2.91. The zero-order valence-corrected chi connectivity index (χ0v) is 16.5. The van der Waals surface area contributed by atoms with Crippen molar-refractivity contribution in [3.8, 4) is 0 Å². The van der Waals surface area contributed by atoms with E-state index in [0.29, 0.717) is 18.6 Å². The Balaban J connectivity index is 0.00000400. The Bertz CT molecular complexity index is 293. The maximum Gasteiger partial charge on any atom is 0.191 e. The fourth-order valence-corrected chi connectivity index (χ4v) is 2.78. The summed E-state index contributed by atoms with van der Waals surface area (Å²) < 4.78 is 5.14. The SMILES string of the molecule is CN=C(NCC(C(C)C)N1CCCC1)NC(C)COC.I. The zero-order chi connectivity index (χ0) is 15.0. The van der Waals surface area contributed by atoms with Crippen LogP contribution in [0.1, 0.15) is 33.6 Å². The van der Waals surface area contributed by atoms with Crippen molar-refractivity contribution in [2.75, 3.05) is 40.4 Å². The molecule has 2 atom stereocenters. The number of rotatable bonds is 7. The van der Waals surface area contributed by atoms with E-state index in [1.54, 1.807) is 7.11 Å². The van der Waals surface area contributed by atoms with Crippen LogP contribution in [0.25, 0.3) is 0 Å². The second-order valence-electron chi connectivity index (χ2n) is 6.01. The Kier molecular flexibility index (Phi) is 11.4. The number of ether oxygens (including phenoxy) is 1. The Morgan fingerprint density at radius 3 is 2.33 bits per heavy atom. The van der Waals surface area contributed by atoms with E-state index in [-0.39, 0.29) is 30.0 Å². The molecule has 0 saturated carbocycles. The summed E-state index contributed by atoms with van der Waals surface area (Å²) in [6.45, 7) is 10.8. The van der Waals surface area contributed by atoms with Crippen molar-refractivity contribution in [2.45, 2.75) is 45.7 Å². The summed E-state index contributed by atoms with van der Waals surface area (Å²) in [6, 6.07) is 0.837. The first-order valence-electron chi connectivity index (χ1n) is 7.78. The van der Waals surface area contributed by atoms with Crippen LogP contribution in [0.15, 0.2) is 4.99 Å². The van der Waals surface area contributed by atoms with Gasteiger partial charge in [-0.3, -0.25) is 9.89 Å². The van der Waals surface area contributed by atoms with Gasteiger partial charge < -0.3 is 15.4 Å². The van der Waals surface area contributed by atoms with Crippen molar-refractivity contribution < 1.29 is 4.74 Å². The van der Waals surface area contributed by atoms with Crippen LogP contribution in [0.3, 0.4) is 0 Å². The molecule has 0 amide bonds. The lowest BCUT2D eigenvalue weighted by Gasteiger charge is -2.31. The van der Waals surface area contributed by atoms with E-state index in [1.807, 2.05) is 7.05 Å². The number of hydrogen-bond donors (Lipinski definition) is 2. The Morgan fingerprint density at radius 1 is 1.24 bits per heavy atom. The van der Waals surface area contributed by atoms with E-state index in [4.69, 9.17) is 4.74 Å². The molecule has 21 heavy (non-hydrogen) atoms. The number of nitrogens with zero attached hydrogens (tertiary/aromatic N) is 2. The summed E-state index contributed by atoms with van der Waals surface area (Å²) in [7, 11) is 3.53. The van der Waals surface area contributed by atoms with Crippen molar-refractivity contribution >= 4 is 29.9 Å². The fraction of sp³-hybridized carbons (Fsp3) is 0.933. The molecule has 5 nitrogen and oxygen atoms in total. The van der Waals surface area contributed by atoms with Crippen LogP contribution >= 0.6 is 24.0 Å². The van der Waals surface area contributed by atoms with Gasteiger partial charge in [-0.1, -0.05) is 13.8 Å². The highest BCUT2D eigenvalue weighted by molar-refractivity contribution is 14.0. The third kappa shape index (κ3) is 7.65. The van der Waals surface area contributed by atoms with Gasteiger partial charge in [-0.05, 0) is 38.8 Å². The molecule has 2 unspecified atom stereocenters. The minimum atomic E-state index is 0. The number of methoxy groups -OCH3 is 1. The van der Waals surface area contributed by atoms with Crippen LogP contribution in [-0.2, 0) is 4.74 Å². The summed E-state index contributed by atoms with van der Waals surface area (Å²) >= 11 is 0. The van der Waals surface area contributed by atoms with Gasteiger partial charge in [-0.2, -0.15) is 0 Å². The zero-order valence-electron chi connectivity index (χ0n) is 14.2. The Hall–Kier alpha value is -0.0800. The standard InChI is InChI=1S/C15H32N4O.HI/c1-12(2)14(19-8-6-7-9-19)10-17-15(16-4)18-13(3)11-20-5;/h12-14H,6-11H2,1-5H3,(H2,16,17,18);1H. The second kappa shape index (κ2) is 11.5. The Labute approximate surface area is 147 Å². The molecule has 0 aliphatic carbocycles. The van der Waals surface area contributed by atoms with Crippen molar-refractivity contribution in [3.63, 3.8) is 0 Å². The molecule has 2 N–H and O–H groups in total. The normalized spacial score (nSPS) is 19.2. The number of aliphatic imine (C=N–C) groups is 1. The van der Waals surface area contributed by atoms with Gasteiger partial charge in [0.25, 0.3) is 0 Å². The van der Waals surface area contributed by atoms with Gasteiger partial charge >= 0.3 is 0 Å². The van der Waals surface area contributed by atoms with Gasteiger partial charge in [0.05, 0.1) is 6.61 Å². The second-order valence-corrected chi connectivity index (χ2v) is 6.01. The lowest BCUT2D eigenvalue weighted by molar-refractivity contribution is 0.177. The minimum absolute atomic E-state index is 0. The highest BCUT2D eigenvalue weighted by Gasteiger charge is 2.24. The average molecular weight is 412 g/mol. The number of likely N-dealkylation sites (tertiary alicyclic amines) is 1. The topological polar surface area (TPSA) is 48.9 Å². The van der Waals surface area contributed by atoms with Gasteiger partial charge in [0.1, 0.15) is 0 Å². The van der Waals surface area contributed by atoms with Crippen molar-refractivity contribution in [3.05, 3.63) is 0 Å². The summed E-state index contributed by atoms with van der Waals surface area (Å²) in [5.41, 5.74) is 0. The predicted octanol–water partition coefficient (Wildman–Crippen LogP) is 1.92. The van der Waals surface area contributed by atoms with Crippen LogP contribution in [-0.4, -0.2) is 63.3 Å². The molecule has 1 aliphatic rings. The molecule has 0 aromatic carbocycles. The first-order chi connectivity index (χ1) is 9.58. The lowest BCUT2D eigenvalue weighted by Crippen LogP contribution is -2.50. The fourth-order valence-electron chi connectivity index (χ4n) is 2.78. The third-order valence-corrected chi connectivity index (χ3v) is 3.88. The molecule has 1 saturated heterocycles. The summed E-state index contributed by atoms with van der Waals surface area (Å²) in [4.78, 5) is 6.89. The molecular formula is C15H33IN4O. The maximum atomic E-state index is 5.14. The van der Waals surface area contributed by atoms with Crippen molar-refractivity contribution in [1.82, 2.24) is 15.5 Å². The van der Waals surface area contributed by atoms with E-state index >= 15 is 0 Å². The highest BCUT2D eigenvalue weighted by Crippen LogP contribution is 2.16. The minimum Gasteiger partial charge on any atom is -0.383 e. The molecule has 0 bridgehead atoms. The molecule has 0 aromatic rings. The van der Waals surface area contributed by atoms with E-state index in [2.05, 4.69) is 41.3 Å². The number of nitrogens with one attached hydrogen (secondary N) is 2. The van der Waals surface area contributed by atoms with E-state index in [9.17, 15) is 0 Å². The van der Waals surface area contributed by atoms with Crippen molar-refractivity contribution in [2.24, 2.45) is 10.9 Å². The Morgan fingerprint density at radius 2 is 1.86 bits per heavy atom. The molecule has 6 heteroatoms. The van der Waals surface area contributed by atoms with Crippen molar-refractivity contribution in [1.29, 1.82) is 0 Å². The van der Waals surface area contributed by atoms with Crippen LogP contribution in [0.5, 0.6) is 0 Å². The molecule has 1 rings (SSSR count). The van der Waals surface area contributed by atoms with E-state index < -0.39 is 0 Å². The van der Waals surface area contributed by atoms with E-state index in [0.717, 1.165) is 12.5 Å². The van der Waals surface area contributed by atoms with Gasteiger partial charge in [0.2, 0.25) is 0 Å². The molecule has 1 aliphatic heterocycles. The van der Waals surface area contributed by atoms with Gasteiger partial charge in [0.15, 0.2) is 5.96 Å². The third-order valence-electron chi connectivity index (χ3n) is 3.88. The van der Waals surface area contributed by atoms with Crippen LogP contribution < -0.4 is 10.6 Å². The number of hydrogen-bond acceptors (Lipinski definition) is 3. The van der Waals surface area contributed by atoms with Gasteiger partial charge in [0, 0.05) is 32.8 Å². The van der Waals surface area contributed by atoms with Crippen LogP contribution in [0.4, 0.5) is 0 Å². The van der Waals surface area contributed by atoms with Crippen LogP contribution in [0.2, 0.25) is 0 Å². The quantitative estimate of drug-likeness (QED) is 0.381. The predicted molar refractivity (Wildman–Crippen MR) is 101 cm³/mol. The summed E-state index contributed by atoms with van der Waals surface area (Å²) in [5, 5.41) is 6.81. The first kappa shape index (κ1) is 20.9. The summed E-state index contributed by atoms with van der Waals surface area (Å²) in [6.07, 6.45) is 2.67. The largest absolute Gasteiger partial charge is 0.383 e. The maximum absolute atomic E-state index is 5.14.